The van der Waals surface area contributed by atoms with Gasteiger partial charge in [-0.1, -0.05) is 0 Å². The Kier molecular flexibility index (Phi) is 3.72. The maximum atomic E-state index is 6.13. The molecule has 1 aromatic rings. The van der Waals surface area contributed by atoms with E-state index in [0.717, 1.165) is 25.9 Å². The van der Waals surface area contributed by atoms with Crippen molar-refractivity contribution in [2.75, 3.05) is 13.1 Å². The largest absolute Gasteiger partial charge is 0.325 e. The van der Waals surface area contributed by atoms with E-state index in [1.165, 1.54) is 25.0 Å². The fourth-order valence-corrected chi connectivity index (χ4v) is 2.51. The maximum absolute atomic E-state index is 6.13. The summed E-state index contributed by atoms with van der Waals surface area (Å²) in [6.07, 6.45) is 5.88. The van der Waals surface area contributed by atoms with Gasteiger partial charge in [-0.3, -0.25) is 0 Å². The van der Waals surface area contributed by atoms with Crippen LogP contribution in [0.1, 0.15) is 31.4 Å². The predicted molar refractivity (Wildman–Crippen MR) is 64.1 cm³/mol. The first-order valence-electron chi connectivity index (χ1n) is 5.65. The standard InChI is InChI=1S/C11H19N3S/c12-11(3-1-4-11)5-7-13-6-2-10-8-15-9-14-10/h8-9,13H,1-7,12H2. The van der Waals surface area contributed by atoms with Crippen LogP contribution in [0.3, 0.4) is 0 Å². The summed E-state index contributed by atoms with van der Waals surface area (Å²) in [5, 5.41) is 5.54. The summed E-state index contributed by atoms with van der Waals surface area (Å²) >= 11 is 1.66. The molecule has 3 nitrogen and oxygen atoms in total. The van der Waals surface area contributed by atoms with Gasteiger partial charge in [0.15, 0.2) is 0 Å². The molecule has 2 rings (SSSR count). The number of nitrogens with zero attached hydrogens (tertiary/aromatic N) is 1. The van der Waals surface area contributed by atoms with Crippen LogP contribution in [0.4, 0.5) is 0 Å². The van der Waals surface area contributed by atoms with Crippen LogP contribution < -0.4 is 11.1 Å². The second-order valence-corrected chi connectivity index (χ2v) is 5.16. The monoisotopic (exact) mass is 225 g/mol. The summed E-state index contributed by atoms with van der Waals surface area (Å²) in [6.45, 7) is 2.06. The maximum Gasteiger partial charge on any atom is 0.0794 e. The normalized spacial score (nSPS) is 18.7. The van der Waals surface area contributed by atoms with Crippen LogP contribution in [0, 0.1) is 0 Å². The zero-order chi connectivity index (χ0) is 10.6. The Morgan fingerprint density at radius 2 is 2.33 bits per heavy atom. The van der Waals surface area contributed by atoms with Crippen molar-refractivity contribution in [3.8, 4) is 0 Å². The Labute approximate surface area is 95.1 Å². The number of rotatable bonds is 6. The van der Waals surface area contributed by atoms with Crippen molar-refractivity contribution in [1.29, 1.82) is 0 Å². The summed E-state index contributed by atoms with van der Waals surface area (Å²) in [5.74, 6) is 0. The second-order valence-electron chi connectivity index (χ2n) is 4.45. The molecule has 1 heterocycles. The average Bonchev–Trinajstić information content (AvgIpc) is 2.67. The van der Waals surface area contributed by atoms with Crippen molar-refractivity contribution in [2.45, 2.75) is 37.6 Å². The molecule has 15 heavy (non-hydrogen) atoms. The molecule has 0 spiro atoms. The molecule has 0 amide bonds. The molecule has 0 saturated heterocycles. The van der Waals surface area contributed by atoms with Crippen molar-refractivity contribution in [2.24, 2.45) is 5.73 Å². The van der Waals surface area contributed by atoms with Crippen LogP contribution in [0.2, 0.25) is 0 Å². The summed E-state index contributed by atoms with van der Waals surface area (Å²) in [6, 6.07) is 0. The topological polar surface area (TPSA) is 50.9 Å². The van der Waals surface area contributed by atoms with E-state index in [1.54, 1.807) is 11.3 Å². The Balaban J connectivity index is 1.52. The van der Waals surface area contributed by atoms with Gasteiger partial charge in [0.25, 0.3) is 0 Å². The second kappa shape index (κ2) is 5.05. The fourth-order valence-electron chi connectivity index (χ4n) is 1.92. The van der Waals surface area contributed by atoms with Crippen molar-refractivity contribution >= 4 is 11.3 Å². The highest BCUT2D eigenvalue weighted by atomic mass is 32.1. The van der Waals surface area contributed by atoms with Crippen molar-refractivity contribution in [3.05, 3.63) is 16.6 Å². The average molecular weight is 225 g/mol. The third-order valence-corrected chi connectivity index (χ3v) is 3.83. The lowest BCUT2D eigenvalue weighted by atomic mass is 9.75. The molecule has 0 aliphatic heterocycles. The Bertz CT molecular complexity index is 280. The van der Waals surface area contributed by atoms with Gasteiger partial charge in [0, 0.05) is 23.9 Å². The van der Waals surface area contributed by atoms with Gasteiger partial charge in [0.05, 0.1) is 11.2 Å². The zero-order valence-electron chi connectivity index (χ0n) is 9.04. The molecule has 3 N–H and O–H groups in total. The smallest absolute Gasteiger partial charge is 0.0794 e. The molecular weight excluding hydrogens is 206 g/mol. The van der Waals surface area contributed by atoms with E-state index < -0.39 is 0 Å². The molecule has 0 aromatic carbocycles. The Morgan fingerprint density at radius 1 is 1.47 bits per heavy atom. The molecule has 1 saturated carbocycles. The van der Waals surface area contributed by atoms with E-state index in [4.69, 9.17) is 5.73 Å². The first kappa shape index (κ1) is 11.0. The van der Waals surface area contributed by atoms with E-state index in [0.29, 0.717) is 0 Å². The van der Waals surface area contributed by atoms with Gasteiger partial charge in [-0.15, -0.1) is 11.3 Å². The van der Waals surface area contributed by atoms with Gasteiger partial charge in [-0.05, 0) is 32.2 Å². The minimum absolute atomic E-state index is 0.160. The van der Waals surface area contributed by atoms with Crippen LogP contribution in [0.15, 0.2) is 10.9 Å². The van der Waals surface area contributed by atoms with Gasteiger partial charge in [0.1, 0.15) is 0 Å². The van der Waals surface area contributed by atoms with E-state index >= 15 is 0 Å². The van der Waals surface area contributed by atoms with Crippen LogP contribution in [0.25, 0.3) is 0 Å². The van der Waals surface area contributed by atoms with Crippen LogP contribution in [-0.2, 0) is 6.42 Å². The number of hydrogen-bond acceptors (Lipinski definition) is 4. The molecule has 0 radical (unpaired) electrons. The molecular formula is C11H19N3S. The molecule has 1 aliphatic carbocycles. The first-order chi connectivity index (χ1) is 7.29. The lowest BCUT2D eigenvalue weighted by molar-refractivity contribution is 0.230. The zero-order valence-corrected chi connectivity index (χ0v) is 9.85. The van der Waals surface area contributed by atoms with Crippen molar-refractivity contribution in [1.82, 2.24) is 10.3 Å². The number of hydrogen-bond donors (Lipinski definition) is 2. The predicted octanol–water partition coefficient (Wildman–Crippen LogP) is 1.55. The summed E-state index contributed by atoms with van der Waals surface area (Å²) in [4.78, 5) is 4.24. The third kappa shape index (κ3) is 3.26. The van der Waals surface area contributed by atoms with E-state index in [2.05, 4.69) is 15.7 Å². The van der Waals surface area contributed by atoms with Crippen LogP contribution in [0.5, 0.6) is 0 Å². The highest BCUT2D eigenvalue weighted by Gasteiger charge is 2.31. The highest BCUT2D eigenvalue weighted by molar-refractivity contribution is 7.07. The lowest BCUT2D eigenvalue weighted by Gasteiger charge is -2.38. The fraction of sp³-hybridized carbons (Fsp3) is 0.727. The Hall–Kier alpha value is -0.450. The van der Waals surface area contributed by atoms with Gasteiger partial charge >= 0.3 is 0 Å². The van der Waals surface area contributed by atoms with Crippen molar-refractivity contribution < 1.29 is 0 Å². The molecule has 0 bridgehead atoms. The van der Waals surface area contributed by atoms with Gasteiger partial charge in [-0.25, -0.2) is 4.98 Å². The summed E-state index contributed by atoms with van der Waals surface area (Å²) in [5.41, 5.74) is 9.37. The summed E-state index contributed by atoms with van der Waals surface area (Å²) < 4.78 is 0. The SMILES string of the molecule is NC1(CCNCCc2cscn2)CCC1. The lowest BCUT2D eigenvalue weighted by Crippen LogP contribution is -2.48. The molecule has 0 unspecified atom stereocenters. The van der Waals surface area contributed by atoms with E-state index in [1.807, 2.05) is 5.51 Å². The molecule has 0 atom stereocenters. The molecule has 1 fully saturated rings. The van der Waals surface area contributed by atoms with Crippen LogP contribution in [-0.4, -0.2) is 23.6 Å². The van der Waals surface area contributed by atoms with Crippen LogP contribution >= 0.6 is 11.3 Å². The van der Waals surface area contributed by atoms with Gasteiger partial charge in [0.2, 0.25) is 0 Å². The number of aromatic nitrogens is 1. The number of nitrogens with one attached hydrogen (secondary N) is 1. The van der Waals surface area contributed by atoms with Gasteiger partial charge < -0.3 is 11.1 Å². The third-order valence-electron chi connectivity index (χ3n) is 3.19. The molecule has 84 valence electrons. The number of nitrogens with two attached hydrogens (primary N) is 1. The molecule has 1 aliphatic rings. The van der Waals surface area contributed by atoms with E-state index in [-0.39, 0.29) is 5.54 Å². The summed E-state index contributed by atoms with van der Waals surface area (Å²) in [7, 11) is 0. The Morgan fingerprint density at radius 3 is 2.93 bits per heavy atom. The first-order valence-corrected chi connectivity index (χ1v) is 6.59. The van der Waals surface area contributed by atoms with E-state index in [9.17, 15) is 0 Å². The minimum Gasteiger partial charge on any atom is -0.325 e. The van der Waals surface area contributed by atoms with Crippen molar-refractivity contribution in [3.63, 3.8) is 0 Å². The quantitative estimate of drug-likeness (QED) is 0.722. The minimum atomic E-state index is 0.160. The molecule has 1 aromatic heterocycles. The molecule has 4 heteroatoms. The van der Waals surface area contributed by atoms with Gasteiger partial charge in [-0.2, -0.15) is 0 Å². The number of thiazole rings is 1. The highest BCUT2D eigenvalue weighted by Crippen LogP contribution is 2.31.